The third kappa shape index (κ3) is 11.5. The van der Waals surface area contributed by atoms with Crippen LogP contribution in [0.15, 0.2) is 36.4 Å². The Labute approximate surface area is 192 Å². The second-order valence-electron chi connectivity index (χ2n) is 8.37. The Morgan fingerprint density at radius 1 is 0.567 bits per heavy atom. The molecule has 0 aliphatic heterocycles. The lowest BCUT2D eigenvalue weighted by atomic mass is 10.0. The fourth-order valence-electron chi connectivity index (χ4n) is 3.79. The molecule has 2 rings (SSSR count). The lowest BCUT2D eigenvalue weighted by Gasteiger charge is -2.08. The highest BCUT2D eigenvalue weighted by Crippen LogP contribution is 2.22. The maximum absolute atomic E-state index is 3.59. The average molecular weight is 445 g/mol. The molecule has 0 unspecified atom stereocenters. The van der Waals surface area contributed by atoms with Gasteiger partial charge in [0.15, 0.2) is 0 Å². The first kappa shape index (κ1) is 25.3. The van der Waals surface area contributed by atoms with Crippen LogP contribution < -0.4 is 10.6 Å². The zero-order valence-corrected chi connectivity index (χ0v) is 21.0. The van der Waals surface area contributed by atoms with Gasteiger partial charge in [0.1, 0.15) is 0 Å². The zero-order valence-electron chi connectivity index (χ0n) is 19.4. The Bertz CT molecular complexity index is 642. The standard InChI is InChI=1S/C26H40N2S2/c1-21-14-22(2)17-25(16-21)8-5-9-27-10-6-12-29-30-13-7-11-28-20-26-18-23(3)15-24(4)19-26/h14-19,27-28H,5-13,20H2,1-4H3. The molecule has 0 atom stereocenters. The Kier molecular flexibility index (Phi) is 12.6. The molecule has 0 aromatic heterocycles. The van der Waals surface area contributed by atoms with E-state index in [2.05, 4.69) is 74.7 Å². The van der Waals surface area contributed by atoms with Crippen molar-refractivity contribution >= 4 is 21.6 Å². The van der Waals surface area contributed by atoms with E-state index in [1.807, 2.05) is 21.6 Å². The fraction of sp³-hybridized carbons (Fsp3) is 0.538. The van der Waals surface area contributed by atoms with Gasteiger partial charge in [-0.1, -0.05) is 80.2 Å². The van der Waals surface area contributed by atoms with Gasteiger partial charge in [0.05, 0.1) is 0 Å². The van der Waals surface area contributed by atoms with Gasteiger partial charge < -0.3 is 10.6 Å². The predicted octanol–water partition coefficient (Wildman–Crippen LogP) is 6.39. The Balaban J connectivity index is 1.35. The summed E-state index contributed by atoms with van der Waals surface area (Å²) in [5, 5.41) is 7.17. The van der Waals surface area contributed by atoms with Crippen molar-refractivity contribution in [1.82, 2.24) is 10.6 Å². The summed E-state index contributed by atoms with van der Waals surface area (Å²) in [6.07, 6.45) is 4.89. The normalized spacial score (nSPS) is 11.2. The summed E-state index contributed by atoms with van der Waals surface area (Å²) >= 11 is 0. The number of hydrogen-bond acceptors (Lipinski definition) is 4. The monoisotopic (exact) mass is 444 g/mol. The quantitative estimate of drug-likeness (QED) is 0.245. The van der Waals surface area contributed by atoms with Gasteiger partial charge in [-0.05, 0) is 84.1 Å². The van der Waals surface area contributed by atoms with Crippen molar-refractivity contribution in [2.24, 2.45) is 0 Å². The maximum atomic E-state index is 3.59. The first-order chi connectivity index (χ1) is 14.5. The summed E-state index contributed by atoms with van der Waals surface area (Å²) in [5.74, 6) is 2.47. The molecule has 0 fully saturated rings. The van der Waals surface area contributed by atoms with Crippen molar-refractivity contribution in [3.63, 3.8) is 0 Å². The van der Waals surface area contributed by atoms with Crippen molar-refractivity contribution in [1.29, 1.82) is 0 Å². The molecule has 0 saturated carbocycles. The van der Waals surface area contributed by atoms with Crippen LogP contribution in [-0.4, -0.2) is 31.1 Å². The molecule has 0 aliphatic rings. The van der Waals surface area contributed by atoms with Crippen LogP contribution in [-0.2, 0) is 13.0 Å². The van der Waals surface area contributed by atoms with E-state index >= 15 is 0 Å². The average Bonchev–Trinajstić information content (AvgIpc) is 2.66. The van der Waals surface area contributed by atoms with E-state index < -0.39 is 0 Å². The molecule has 0 bridgehead atoms. The number of aryl methyl sites for hydroxylation is 5. The van der Waals surface area contributed by atoms with E-state index in [0.29, 0.717) is 0 Å². The van der Waals surface area contributed by atoms with Crippen LogP contribution >= 0.6 is 21.6 Å². The third-order valence-corrected chi connectivity index (χ3v) is 7.53. The number of rotatable bonds is 15. The molecule has 0 aliphatic carbocycles. The van der Waals surface area contributed by atoms with Crippen LogP contribution in [0.2, 0.25) is 0 Å². The molecule has 30 heavy (non-hydrogen) atoms. The smallest absolute Gasteiger partial charge is 0.0205 e. The molecule has 0 spiro atoms. The van der Waals surface area contributed by atoms with Crippen molar-refractivity contribution in [2.75, 3.05) is 31.1 Å². The van der Waals surface area contributed by atoms with Crippen molar-refractivity contribution < 1.29 is 0 Å². The van der Waals surface area contributed by atoms with Gasteiger partial charge in [-0.3, -0.25) is 0 Å². The summed E-state index contributed by atoms with van der Waals surface area (Å²) in [6.45, 7) is 13.1. The second kappa shape index (κ2) is 15.0. The molecule has 2 aromatic carbocycles. The van der Waals surface area contributed by atoms with E-state index in [0.717, 1.165) is 26.2 Å². The lowest BCUT2D eigenvalue weighted by molar-refractivity contribution is 0.642. The number of benzene rings is 2. The van der Waals surface area contributed by atoms with E-state index in [9.17, 15) is 0 Å². The molecule has 2 nitrogen and oxygen atoms in total. The van der Waals surface area contributed by atoms with Crippen LogP contribution in [0.5, 0.6) is 0 Å². The highest BCUT2D eigenvalue weighted by atomic mass is 33.1. The predicted molar refractivity (Wildman–Crippen MR) is 139 cm³/mol. The topological polar surface area (TPSA) is 24.1 Å². The van der Waals surface area contributed by atoms with Gasteiger partial charge in [0, 0.05) is 18.1 Å². The summed E-state index contributed by atoms with van der Waals surface area (Å²) in [6, 6.07) is 13.7. The molecular formula is C26H40N2S2. The van der Waals surface area contributed by atoms with Gasteiger partial charge in [0.25, 0.3) is 0 Å². The summed E-state index contributed by atoms with van der Waals surface area (Å²) in [5.41, 5.74) is 8.35. The highest BCUT2D eigenvalue weighted by molar-refractivity contribution is 8.76. The Morgan fingerprint density at radius 3 is 1.60 bits per heavy atom. The van der Waals surface area contributed by atoms with Gasteiger partial charge >= 0.3 is 0 Å². The first-order valence-corrected chi connectivity index (χ1v) is 13.8. The minimum Gasteiger partial charge on any atom is -0.317 e. The SMILES string of the molecule is Cc1cc(C)cc(CCCNCCCSSCCCNCc2cc(C)cc(C)c2)c1. The van der Waals surface area contributed by atoms with E-state index in [1.165, 1.54) is 70.6 Å². The molecule has 2 N–H and O–H groups in total. The van der Waals surface area contributed by atoms with Crippen LogP contribution in [0.1, 0.15) is 52.6 Å². The fourth-order valence-corrected chi connectivity index (χ4v) is 5.96. The molecule has 0 radical (unpaired) electrons. The number of hydrogen-bond donors (Lipinski definition) is 2. The molecule has 4 heteroatoms. The van der Waals surface area contributed by atoms with Crippen LogP contribution in [0.4, 0.5) is 0 Å². The van der Waals surface area contributed by atoms with Crippen LogP contribution in [0, 0.1) is 27.7 Å². The van der Waals surface area contributed by atoms with E-state index in [1.54, 1.807) is 0 Å². The molecule has 166 valence electrons. The second-order valence-corrected chi connectivity index (χ2v) is 11.1. The molecule has 0 amide bonds. The highest BCUT2D eigenvalue weighted by Gasteiger charge is 1.98. The molecule has 0 heterocycles. The first-order valence-electron chi connectivity index (χ1n) is 11.3. The zero-order chi connectivity index (χ0) is 21.6. The molecule has 2 aromatic rings. The van der Waals surface area contributed by atoms with Crippen molar-refractivity contribution in [2.45, 2.75) is 59.9 Å². The lowest BCUT2D eigenvalue weighted by Crippen LogP contribution is -2.17. The Morgan fingerprint density at radius 2 is 1.03 bits per heavy atom. The molecule has 0 saturated heterocycles. The summed E-state index contributed by atoms with van der Waals surface area (Å²) in [4.78, 5) is 0. The van der Waals surface area contributed by atoms with Gasteiger partial charge in [-0.25, -0.2) is 0 Å². The van der Waals surface area contributed by atoms with Crippen molar-refractivity contribution in [3.8, 4) is 0 Å². The summed E-state index contributed by atoms with van der Waals surface area (Å²) < 4.78 is 0. The number of nitrogens with one attached hydrogen (secondary N) is 2. The van der Waals surface area contributed by atoms with Crippen LogP contribution in [0.25, 0.3) is 0 Å². The summed E-state index contributed by atoms with van der Waals surface area (Å²) in [7, 11) is 4.05. The molecular weight excluding hydrogens is 404 g/mol. The van der Waals surface area contributed by atoms with Gasteiger partial charge in [-0.15, -0.1) is 0 Å². The minimum absolute atomic E-state index is 0.982. The van der Waals surface area contributed by atoms with Gasteiger partial charge in [0.2, 0.25) is 0 Å². The van der Waals surface area contributed by atoms with E-state index in [-0.39, 0.29) is 0 Å². The van der Waals surface area contributed by atoms with E-state index in [4.69, 9.17) is 0 Å². The van der Waals surface area contributed by atoms with Crippen molar-refractivity contribution in [3.05, 3.63) is 69.8 Å². The third-order valence-electron chi connectivity index (χ3n) is 4.96. The Hall–Kier alpha value is -0.940. The largest absolute Gasteiger partial charge is 0.317 e. The maximum Gasteiger partial charge on any atom is 0.0205 e. The minimum atomic E-state index is 0.982. The van der Waals surface area contributed by atoms with Crippen LogP contribution in [0.3, 0.4) is 0 Å². The van der Waals surface area contributed by atoms with Gasteiger partial charge in [-0.2, -0.15) is 0 Å².